The zero-order chi connectivity index (χ0) is 21.2. The number of nitrogens with zero attached hydrogens (tertiary/aromatic N) is 2. The van der Waals surface area contributed by atoms with Crippen LogP contribution in [0.3, 0.4) is 0 Å². The van der Waals surface area contributed by atoms with Crippen molar-refractivity contribution in [2.45, 2.75) is 25.2 Å². The van der Waals surface area contributed by atoms with Gasteiger partial charge in [0.25, 0.3) is 0 Å². The molecule has 154 valence electrons. The quantitative estimate of drug-likeness (QED) is 0.786. The van der Waals surface area contributed by atoms with Crippen LogP contribution in [0.1, 0.15) is 12.0 Å². The van der Waals surface area contributed by atoms with E-state index in [4.69, 9.17) is 0 Å². The summed E-state index contributed by atoms with van der Waals surface area (Å²) >= 11 is 0. The number of likely N-dealkylation sites (N-methyl/N-ethyl adjacent to an activating group) is 1. The van der Waals surface area contributed by atoms with Gasteiger partial charge in [-0.25, -0.2) is 4.39 Å². The number of benzene rings is 2. The number of amides is 2. The van der Waals surface area contributed by atoms with Gasteiger partial charge in [0, 0.05) is 6.54 Å². The second-order valence-electron chi connectivity index (χ2n) is 6.89. The van der Waals surface area contributed by atoms with Gasteiger partial charge in [-0.15, -0.1) is 0 Å². The number of carbonyl (C=O) groups is 2. The third kappa shape index (κ3) is 4.92. The van der Waals surface area contributed by atoms with Crippen molar-refractivity contribution in [2.24, 2.45) is 0 Å². The number of halogens is 4. The number of nitrogens with one attached hydrogen (secondary N) is 1. The third-order valence-corrected chi connectivity index (χ3v) is 4.52. The molecular formula is C20H19F4N3O2. The Kier molecular flexibility index (Phi) is 5.88. The van der Waals surface area contributed by atoms with Crippen molar-refractivity contribution >= 4 is 23.2 Å². The van der Waals surface area contributed by atoms with E-state index in [-0.39, 0.29) is 24.5 Å². The maximum absolute atomic E-state index is 13.7. The molecule has 0 aromatic heterocycles. The Hall–Kier alpha value is -2.94. The molecule has 0 fully saturated rings. The van der Waals surface area contributed by atoms with Crippen molar-refractivity contribution in [2.75, 3.05) is 23.8 Å². The predicted octanol–water partition coefficient (Wildman–Crippen LogP) is 3.56. The summed E-state index contributed by atoms with van der Waals surface area (Å²) in [4.78, 5) is 27.0. The molecule has 2 aromatic rings. The molecular weight excluding hydrogens is 390 g/mol. The zero-order valence-electron chi connectivity index (χ0n) is 15.5. The fourth-order valence-electron chi connectivity index (χ4n) is 3.31. The molecule has 1 heterocycles. The van der Waals surface area contributed by atoms with Crippen molar-refractivity contribution in [3.63, 3.8) is 0 Å². The summed E-state index contributed by atoms with van der Waals surface area (Å²) in [5.41, 5.74) is 0.719. The lowest BCUT2D eigenvalue weighted by Crippen LogP contribution is -2.52. The van der Waals surface area contributed by atoms with Crippen LogP contribution in [0.4, 0.5) is 28.9 Å². The number of fused-ring (bicyclic) bond motifs is 1. The van der Waals surface area contributed by atoms with E-state index in [0.29, 0.717) is 10.5 Å². The van der Waals surface area contributed by atoms with Crippen molar-refractivity contribution in [1.29, 1.82) is 0 Å². The molecule has 0 spiro atoms. The first kappa shape index (κ1) is 20.8. The van der Waals surface area contributed by atoms with Crippen LogP contribution < -0.4 is 10.2 Å². The van der Waals surface area contributed by atoms with Gasteiger partial charge in [0.2, 0.25) is 11.8 Å². The first-order valence-electron chi connectivity index (χ1n) is 8.86. The fourth-order valence-corrected chi connectivity index (χ4v) is 3.31. The minimum atomic E-state index is -4.79. The van der Waals surface area contributed by atoms with Crippen LogP contribution in [0.5, 0.6) is 0 Å². The average molecular weight is 409 g/mol. The molecule has 0 bridgehead atoms. The first-order valence-corrected chi connectivity index (χ1v) is 8.86. The van der Waals surface area contributed by atoms with E-state index >= 15 is 0 Å². The first-order chi connectivity index (χ1) is 13.6. The second-order valence-corrected chi connectivity index (χ2v) is 6.89. The lowest BCUT2D eigenvalue weighted by molar-refractivity contribution is -0.158. The van der Waals surface area contributed by atoms with Gasteiger partial charge in [0.1, 0.15) is 11.9 Å². The summed E-state index contributed by atoms with van der Waals surface area (Å²) in [5.74, 6) is -2.07. The van der Waals surface area contributed by atoms with Crippen molar-refractivity contribution < 1.29 is 27.2 Å². The van der Waals surface area contributed by atoms with E-state index in [1.54, 1.807) is 19.2 Å². The second kappa shape index (κ2) is 8.20. The minimum Gasteiger partial charge on any atom is -0.324 e. The molecule has 0 radical (unpaired) electrons. The number of hydrogen-bond acceptors (Lipinski definition) is 3. The number of para-hydroxylation sites is 2. The summed E-state index contributed by atoms with van der Waals surface area (Å²) in [6.45, 7) is -0.168. The maximum atomic E-state index is 13.7. The van der Waals surface area contributed by atoms with E-state index in [0.717, 1.165) is 0 Å². The Morgan fingerprint density at radius 3 is 2.62 bits per heavy atom. The normalized spacial score (nSPS) is 17.0. The lowest BCUT2D eigenvalue weighted by atomic mass is 10.1. The van der Waals surface area contributed by atoms with Crippen LogP contribution >= 0.6 is 0 Å². The van der Waals surface area contributed by atoms with Crippen LogP contribution in [0.2, 0.25) is 0 Å². The highest BCUT2D eigenvalue weighted by molar-refractivity contribution is 6.05. The van der Waals surface area contributed by atoms with Gasteiger partial charge in [0.05, 0.1) is 24.3 Å². The summed E-state index contributed by atoms with van der Waals surface area (Å²) in [6, 6.07) is 9.35. The number of anilines is 2. The Labute approximate surface area is 164 Å². The molecule has 1 N–H and O–H groups in total. The van der Waals surface area contributed by atoms with Crippen molar-refractivity contribution in [3.05, 3.63) is 59.9 Å². The molecule has 5 nitrogen and oxygen atoms in total. The Morgan fingerprint density at radius 2 is 1.93 bits per heavy atom. The highest BCUT2D eigenvalue weighted by Crippen LogP contribution is 2.37. The standard InChI is InChI=1S/C20H19F4N3O2/c1-26(11-13-5-4-6-14(21)9-13)12-19(29)27-16-8-3-2-7-15(16)25-18(28)10-17(27)20(22,23)24/h2-9,17H,10-12H2,1H3,(H,25,28). The summed E-state index contributed by atoms with van der Waals surface area (Å²) in [5, 5.41) is 2.42. The van der Waals surface area contributed by atoms with E-state index in [2.05, 4.69) is 5.32 Å². The van der Waals surface area contributed by atoms with Crippen LogP contribution in [-0.2, 0) is 16.1 Å². The van der Waals surface area contributed by atoms with Gasteiger partial charge in [-0.1, -0.05) is 24.3 Å². The van der Waals surface area contributed by atoms with E-state index in [1.807, 2.05) is 0 Å². The van der Waals surface area contributed by atoms with Gasteiger partial charge in [0.15, 0.2) is 0 Å². The van der Waals surface area contributed by atoms with Crippen molar-refractivity contribution in [3.8, 4) is 0 Å². The molecule has 0 aliphatic carbocycles. The summed E-state index contributed by atoms with van der Waals surface area (Å²) in [6.07, 6.45) is -5.68. The van der Waals surface area contributed by atoms with Crippen LogP contribution in [0, 0.1) is 5.82 Å². The molecule has 0 saturated heterocycles. The van der Waals surface area contributed by atoms with Gasteiger partial charge in [-0.05, 0) is 36.9 Å². The molecule has 1 aliphatic heterocycles. The molecule has 9 heteroatoms. The van der Waals surface area contributed by atoms with Gasteiger partial charge < -0.3 is 5.32 Å². The average Bonchev–Trinajstić information content (AvgIpc) is 2.77. The summed E-state index contributed by atoms with van der Waals surface area (Å²) in [7, 11) is 1.55. The Bertz CT molecular complexity index is 917. The van der Waals surface area contributed by atoms with Crippen LogP contribution in [0.15, 0.2) is 48.5 Å². The Balaban J connectivity index is 1.87. The molecule has 1 atom stereocenters. The maximum Gasteiger partial charge on any atom is 0.409 e. The molecule has 3 rings (SSSR count). The largest absolute Gasteiger partial charge is 0.409 e. The molecule has 29 heavy (non-hydrogen) atoms. The third-order valence-electron chi connectivity index (χ3n) is 4.52. The fraction of sp³-hybridized carbons (Fsp3) is 0.300. The van der Waals surface area contributed by atoms with Gasteiger partial charge in [-0.2, -0.15) is 13.2 Å². The zero-order valence-corrected chi connectivity index (χ0v) is 15.5. The van der Waals surface area contributed by atoms with Crippen LogP contribution in [-0.4, -0.2) is 42.5 Å². The molecule has 2 amide bonds. The highest BCUT2D eigenvalue weighted by Gasteiger charge is 2.49. The monoisotopic (exact) mass is 409 g/mol. The summed E-state index contributed by atoms with van der Waals surface area (Å²) < 4.78 is 54.4. The van der Waals surface area contributed by atoms with Crippen molar-refractivity contribution in [1.82, 2.24) is 4.90 Å². The van der Waals surface area contributed by atoms with E-state index in [1.165, 1.54) is 41.3 Å². The van der Waals surface area contributed by atoms with Gasteiger partial charge >= 0.3 is 6.18 Å². The SMILES string of the molecule is CN(CC(=O)N1c2ccccc2NC(=O)CC1C(F)(F)F)Cc1cccc(F)c1. The molecule has 1 unspecified atom stereocenters. The smallest absolute Gasteiger partial charge is 0.324 e. The number of carbonyl (C=O) groups excluding carboxylic acids is 2. The van der Waals surface area contributed by atoms with E-state index in [9.17, 15) is 27.2 Å². The van der Waals surface area contributed by atoms with Crippen LogP contribution in [0.25, 0.3) is 0 Å². The Morgan fingerprint density at radius 1 is 1.21 bits per heavy atom. The molecule has 0 saturated carbocycles. The minimum absolute atomic E-state index is 0.00942. The number of hydrogen-bond donors (Lipinski definition) is 1. The number of alkyl halides is 3. The van der Waals surface area contributed by atoms with Gasteiger partial charge in [-0.3, -0.25) is 19.4 Å². The van der Waals surface area contributed by atoms with E-state index < -0.39 is 36.3 Å². The topological polar surface area (TPSA) is 52.7 Å². The predicted molar refractivity (Wildman–Crippen MR) is 99.8 cm³/mol. The molecule has 1 aliphatic rings. The number of rotatable bonds is 4. The lowest BCUT2D eigenvalue weighted by Gasteiger charge is -2.33. The highest BCUT2D eigenvalue weighted by atomic mass is 19.4. The molecule has 2 aromatic carbocycles.